The molecule has 3 rings (SSSR count). The summed E-state index contributed by atoms with van der Waals surface area (Å²) in [5, 5.41) is 10.5. The first-order valence-electron chi connectivity index (χ1n) is 7.22. The molecular formula is C16H18BrNO3. The van der Waals surface area contributed by atoms with Crippen molar-refractivity contribution in [2.24, 2.45) is 0 Å². The van der Waals surface area contributed by atoms with Gasteiger partial charge in [-0.1, -0.05) is 25.5 Å². The van der Waals surface area contributed by atoms with Gasteiger partial charge in [-0.15, -0.1) is 0 Å². The van der Waals surface area contributed by atoms with E-state index in [0.29, 0.717) is 13.0 Å². The van der Waals surface area contributed by atoms with Crippen molar-refractivity contribution in [2.75, 3.05) is 6.61 Å². The van der Waals surface area contributed by atoms with Crippen molar-refractivity contribution in [3.05, 3.63) is 33.9 Å². The number of aliphatic carboxylic acids is 1. The van der Waals surface area contributed by atoms with Crippen LogP contribution in [0.2, 0.25) is 0 Å². The highest BCUT2D eigenvalue weighted by Gasteiger charge is 2.41. The van der Waals surface area contributed by atoms with Crippen molar-refractivity contribution in [1.82, 2.24) is 4.98 Å². The van der Waals surface area contributed by atoms with Gasteiger partial charge >= 0.3 is 5.97 Å². The number of rotatable bonds is 4. The lowest BCUT2D eigenvalue weighted by molar-refractivity contribution is -0.149. The maximum atomic E-state index is 11.3. The van der Waals surface area contributed by atoms with E-state index in [9.17, 15) is 9.90 Å². The van der Waals surface area contributed by atoms with Crippen molar-refractivity contribution in [3.63, 3.8) is 0 Å². The smallest absolute Gasteiger partial charge is 0.306 e. The summed E-state index contributed by atoms with van der Waals surface area (Å²) in [4.78, 5) is 14.8. The van der Waals surface area contributed by atoms with Gasteiger partial charge in [0, 0.05) is 9.86 Å². The van der Waals surface area contributed by atoms with Gasteiger partial charge in [0.15, 0.2) is 0 Å². The van der Waals surface area contributed by atoms with E-state index in [1.807, 2.05) is 12.1 Å². The summed E-state index contributed by atoms with van der Waals surface area (Å²) in [5.74, 6) is -0.825. The number of hydrogen-bond donors (Lipinski definition) is 2. The summed E-state index contributed by atoms with van der Waals surface area (Å²) in [5.41, 5.74) is 2.44. The number of benzene rings is 1. The van der Waals surface area contributed by atoms with Crippen LogP contribution in [0.4, 0.5) is 0 Å². The fraction of sp³-hybridized carbons (Fsp3) is 0.438. The van der Waals surface area contributed by atoms with E-state index >= 15 is 0 Å². The van der Waals surface area contributed by atoms with Crippen LogP contribution in [0.1, 0.15) is 37.4 Å². The molecule has 1 aliphatic rings. The summed E-state index contributed by atoms with van der Waals surface area (Å²) in [6.07, 6.45) is 2.40. The Bertz CT molecular complexity index is 694. The highest BCUT2D eigenvalue weighted by molar-refractivity contribution is 9.10. The molecular weight excluding hydrogens is 334 g/mol. The Morgan fingerprint density at radius 3 is 3.05 bits per heavy atom. The zero-order valence-electron chi connectivity index (χ0n) is 11.9. The van der Waals surface area contributed by atoms with Crippen molar-refractivity contribution >= 4 is 32.8 Å². The van der Waals surface area contributed by atoms with Crippen LogP contribution in [0.5, 0.6) is 0 Å². The third kappa shape index (κ3) is 2.38. The van der Waals surface area contributed by atoms with E-state index in [1.165, 1.54) is 5.56 Å². The molecule has 1 aromatic carbocycles. The number of carbonyl (C=O) groups is 1. The van der Waals surface area contributed by atoms with Gasteiger partial charge in [-0.05, 0) is 40.4 Å². The number of fused-ring (bicyclic) bond motifs is 3. The first-order valence-corrected chi connectivity index (χ1v) is 8.02. The Kier molecular flexibility index (Phi) is 3.80. The normalized spacial score (nSPS) is 21.4. The molecule has 0 fully saturated rings. The molecule has 1 aliphatic heterocycles. The Morgan fingerprint density at radius 2 is 2.33 bits per heavy atom. The second-order valence-corrected chi connectivity index (χ2v) is 6.41. The molecule has 2 aromatic rings. The number of carboxylic acid groups (broad SMARTS) is 1. The lowest BCUT2D eigenvalue weighted by Gasteiger charge is -2.36. The average Bonchev–Trinajstić information content (AvgIpc) is 2.80. The van der Waals surface area contributed by atoms with Crippen molar-refractivity contribution in [1.29, 1.82) is 0 Å². The molecule has 21 heavy (non-hydrogen) atoms. The van der Waals surface area contributed by atoms with Crippen LogP contribution >= 0.6 is 15.9 Å². The largest absolute Gasteiger partial charge is 0.481 e. The van der Waals surface area contributed by atoms with Gasteiger partial charge in [-0.25, -0.2) is 0 Å². The van der Waals surface area contributed by atoms with Crippen LogP contribution in [0.25, 0.3) is 10.9 Å². The molecule has 0 saturated heterocycles. The minimum atomic E-state index is -0.825. The molecule has 0 radical (unpaired) electrons. The highest BCUT2D eigenvalue weighted by atomic mass is 79.9. The van der Waals surface area contributed by atoms with E-state index in [0.717, 1.165) is 33.9 Å². The Morgan fingerprint density at radius 1 is 1.52 bits per heavy atom. The molecule has 4 nitrogen and oxygen atoms in total. The van der Waals surface area contributed by atoms with Crippen LogP contribution in [-0.2, 0) is 21.6 Å². The van der Waals surface area contributed by atoms with E-state index in [4.69, 9.17) is 4.74 Å². The number of para-hydroxylation sites is 1. The minimum Gasteiger partial charge on any atom is -0.481 e. The second-order valence-electron chi connectivity index (χ2n) is 5.55. The number of halogens is 1. The van der Waals surface area contributed by atoms with Gasteiger partial charge < -0.3 is 14.8 Å². The number of nitrogens with one attached hydrogen (secondary N) is 1. The van der Waals surface area contributed by atoms with E-state index in [-0.39, 0.29) is 6.42 Å². The van der Waals surface area contributed by atoms with Gasteiger partial charge in [0.25, 0.3) is 0 Å². The van der Waals surface area contributed by atoms with Gasteiger partial charge in [0.2, 0.25) is 0 Å². The number of hydrogen-bond acceptors (Lipinski definition) is 2. The van der Waals surface area contributed by atoms with Gasteiger partial charge in [0.05, 0.1) is 24.2 Å². The Labute approximate surface area is 131 Å². The van der Waals surface area contributed by atoms with Crippen LogP contribution in [0.3, 0.4) is 0 Å². The van der Waals surface area contributed by atoms with Gasteiger partial charge in [0.1, 0.15) is 5.60 Å². The number of carboxylic acids is 1. The number of H-pyrrole nitrogens is 1. The standard InChI is InChI=1S/C16H18BrNO3/c1-2-7-16(9-13(19)20)15-11(6-8-21-16)10-4-3-5-12(17)14(10)18-15/h3-5,18H,2,6-9H2,1H3,(H,19,20). The molecule has 2 N–H and O–H groups in total. The molecule has 112 valence electrons. The van der Waals surface area contributed by atoms with E-state index in [1.54, 1.807) is 0 Å². The predicted molar refractivity (Wildman–Crippen MR) is 84.5 cm³/mol. The Balaban J connectivity index is 2.22. The molecule has 5 heteroatoms. The quantitative estimate of drug-likeness (QED) is 0.875. The third-order valence-electron chi connectivity index (χ3n) is 4.17. The molecule has 0 aliphatic carbocycles. The van der Waals surface area contributed by atoms with Gasteiger partial charge in [-0.3, -0.25) is 4.79 Å². The van der Waals surface area contributed by atoms with Crippen molar-refractivity contribution in [3.8, 4) is 0 Å². The van der Waals surface area contributed by atoms with Crippen LogP contribution in [-0.4, -0.2) is 22.7 Å². The maximum absolute atomic E-state index is 11.3. The molecule has 0 bridgehead atoms. The van der Waals surface area contributed by atoms with Crippen molar-refractivity contribution in [2.45, 2.75) is 38.2 Å². The number of aromatic amines is 1. The molecule has 1 aromatic heterocycles. The van der Waals surface area contributed by atoms with Gasteiger partial charge in [-0.2, -0.15) is 0 Å². The summed E-state index contributed by atoms with van der Waals surface area (Å²) >= 11 is 3.56. The molecule has 0 saturated carbocycles. The summed E-state index contributed by atoms with van der Waals surface area (Å²) in [6.45, 7) is 2.62. The fourth-order valence-electron chi connectivity index (χ4n) is 3.38. The van der Waals surface area contributed by atoms with Crippen LogP contribution < -0.4 is 0 Å². The maximum Gasteiger partial charge on any atom is 0.306 e. The van der Waals surface area contributed by atoms with Crippen molar-refractivity contribution < 1.29 is 14.6 Å². The average molecular weight is 352 g/mol. The number of ether oxygens (including phenoxy) is 1. The molecule has 1 atom stereocenters. The van der Waals surface area contributed by atoms with Crippen LogP contribution in [0.15, 0.2) is 22.7 Å². The summed E-state index contributed by atoms with van der Waals surface area (Å²) < 4.78 is 6.98. The topological polar surface area (TPSA) is 62.3 Å². The molecule has 1 unspecified atom stereocenters. The van der Waals surface area contributed by atoms with E-state index < -0.39 is 11.6 Å². The monoisotopic (exact) mass is 351 g/mol. The number of aromatic nitrogens is 1. The summed E-state index contributed by atoms with van der Waals surface area (Å²) in [7, 11) is 0. The summed E-state index contributed by atoms with van der Waals surface area (Å²) in [6, 6.07) is 6.08. The van der Waals surface area contributed by atoms with E-state index in [2.05, 4.69) is 33.9 Å². The lowest BCUT2D eigenvalue weighted by atomic mass is 9.85. The third-order valence-corrected chi connectivity index (χ3v) is 4.83. The highest BCUT2D eigenvalue weighted by Crippen LogP contribution is 2.43. The molecule has 0 amide bonds. The minimum absolute atomic E-state index is 0.00171. The Hall–Kier alpha value is -1.33. The lowest BCUT2D eigenvalue weighted by Crippen LogP contribution is -2.37. The first kappa shape index (κ1) is 14.6. The zero-order valence-corrected chi connectivity index (χ0v) is 13.5. The molecule has 0 spiro atoms. The molecule has 2 heterocycles. The second kappa shape index (κ2) is 5.46. The fourth-order valence-corrected chi connectivity index (χ4v) is 3.85. The SMILES string of the molecule is CCCC1(CC(=O)O)OCCc2c1[nH]c1c(Br)cccc21. The predicted octanol–water partition coefficient (Wildman–Crippen LogP) is 3.97. The first-order chi connectivity index (χ1) is 10.1. The van der Waals surface area contributed by atoms with Crippen LogP contribution in [0, 0.1) is 0 Å². The zero-order chi connectivity index (χ0) is 15.0.